The third-order valence-corrected chi connectivity index (χ3v) is 5.21. The van der Waals surface area contributed by atoms with Gasteiger partial charge < -0.3 is 10.6 Å². The third-order valence-electron chi connectivity index (χ3n) is 5.21. The van der Waals surface area contributed by atoms with Crippen LogP contribution in [-0.2, 0) is 6.42 Å². The summed E-state index contributed by atoms with van der Waals surface area (Å²) in [7, 11) is 1.55. The predicted octanol–water partition coefficient (Wildman–Crippen LogP) is 1.37. The molecule has 0 fully saturated rings. The molecule has 2 amide bonds. The molecule has 0 saturated carbocycles. The zero-order chi connectivity index (χ0) is 22.0. The SMILES string of the molecule is CCc1c(C)nc(N2NC(C)C(C)=C2NC(=O)c2ccc(C(=O)NC)cc2)[nH]c1=O. The number of nitrogens with one attached hydrogen (secondary N) is 4. The molecule has 2 heterocycles. The van der Waals surface area contributed by atoms with Crippen molar-refractivity contribution in [1.29, 1.82) is 0 Å². The zero-order valence-corrected chi connectivity index (χ0v) is 17.7. The molecule has 4 N–H and O–H groups in total. The number of anilines is 1. The number of aryl methyl sites for hydroxylation is 1. The standard InChI is InChI=1S/C21H26N6O3/c1-6-16-13(4)23-21(25-20(16)30)27-17(11(2)12(3)26-27)24-19(29)15-9-7-14(8-10-15)18(28)22-5/h7-10,12,26H,6H2,1-5H3,(H,22,28)(H,24,29)(H,23,25,30). The number of aromatic nitrogens is 2. The molecule has 2 aromatic rings. The van der Waals surface area contributed by atoms with Crippen LogP contribution in [0.25, 0.3) is 0 Å². The number of nitrogens with zero attached hydrogens (tertiary/aromatic N) is 2. The van der Waals surface area contributed by atoms with E-state index in [1.165, 1.54) is 0 Å². The van der Waals surface area contributed by atoms with Crippen LogP contribution >= 0.6 is 0 Å². The van der Waals surface area contributed by atoms with E-state index in [1.807, 2.05) is 20.8 Å². The van der Waals surface area contributed by atoms with E-state index < -0.39 is 0 Å². The summed E-state index contributed by atoms with van der Waals surface area (Å²) in [6, 6.07) is 6.30. The van der Waals surface area contributed by atoms with E-state index in [9.17, 15) is 14.4 Å². The molecule has 1 aromatic heterocycles. The van der Waals surface area contributed by atoms with Gasteiger partial charge in [0.05, 0.1) is 0 Å². The molecule has 1 aliphatic heterocycles. The largest absolute Gasteiger partial charge is 0.355 e. The van der Waals surface area contributed by atoms with Crippen molar-refractivity contribution in [2.75, 3.05) is 12.1 Å². The van der Waals surface area contributed by atoms with E-state index in [1.54, 1.807) is 43.2 Å². The van der Waals surface area contributed by atoms with Gasteiger partial charge in [0.15, 0.2) is 0 Å². The number of amides is 2. The third kappa shape index (κ3) is 3.97. The molecule has 30 heavy (non-hydrogen) atoms. The number of hydrogen-bond acceptors (Lipinski definition) is 6. The van der Waals surface area contributed by atoms with Crippen LogP contribution in [0.1, 0.15) is 52.7 Å². The van der Waals surface area contributed by atoms with Gasteiger partial charge in [-0.3, -0.25) is 19.4 Å². The average Bonchev–Trinajstić information content (AvgIpc) is 3.01. The highest BCUT2D eigenvalue weighted by Gasteiger charge is 2.30. The van der Waals surface area contributed by atoms with E-state index >= 15 is 0 Å². The second kappa shape index (κ2) is 8.50. The summed E-state index contributed by atoms with van der Waals surface area (Å²) in [5.41, 5.74) is 6.05. The van der Waals surface area contributed by atoms with Crippen LogP contribution in [0.5, 0.6) is 0 Å². The Bertz CT molecular complexity index is 1070. The smallest absolute Gasteiger partial charge is 0.256 e. The highest BCUT2D eigenvalue weighted by molar-refractivity contribution is 5.98. The van der Waals surface area contributed by atoms with Gasteiger partial charge in [-0.05, 0) is 57.0 Å². The van der Waals surface area contributed by atoms with Gasteiger partial charge in [-0.15, -0.1) is 0 Å². The molecule has 0 saturated heterocycles. The van der Waals surface area contributed by atoms with E-state index in [0.717, 1.165) is 5.57 Å². The number of H-pyrrole nitrogens is 1. The normalized spacial score (nSPS) is 16.0. The predicted molar refractivity (Wildman–Crippen MR) is 114 cm³/mol. The molecular weight excluding hydrogens is 384 g/mol. The van der Waals surface area contributed by atoms with Gasteiger partial charge in [0.1, 0.15) is 5.82 Å². The highest BCUT2D eigenvalue weighted by atomic mass is 16.2. The second-order valence-electron chi connectivity index (χ2n) is 7.14. The van der Waals surface area contributed by atoms with Gasteiger partial charge in [-0.2, -0.15) is 0 Å². The Balaban J connectivity index is 1.88. The molecule has 1 aromatic carbocycles. The maximum atomic E-state index is 12.8. The fourth-order valence-electron chi connectivity index (χ4n) is 3.27. The summed E-state index contributed by atoms with van der Waals surface area (Å²) in [5.74, 6) is 0.262. The molecule has 3 rings (SSSR count). The maximum absolute atomic E-state index is 12.8. The highest BCUT2D eigenvalue weighted by Crippen LogP contribution is 2.23. The Morgan fingerprint density at radius 3 is 2.27 bits per heavy atom. The molecule has 1 atom stereocenters. The van der Waals surface area contributed by atoms with Crippen LogP contribution in [0.3, 0.4) is 0 Å². The van der Waals surface area contributed by atoms with Crippen molar-refractivity contribution in [3.8, 4) is 0 Å². The fraction of sp³-hybridized carbons (Fsp3) is 0.333. The number of aromatic amines is 1. The van der Waals surface area contributed by atoms with E-state index in [4.69, 9.17) is 0 Å². The van der Waals surface area contributed by atoms with Gasteiger partial charge in [0.25, 0.3) is 17.4 Å². The molecule has 1 aliphatic rings. The minimum Gasteiger partial charge on any atom is -0.355 e. The molecular formula is C21H26N6O3. The summed E-state index contributed by atoms with van der Waals surface area (Å²) in [4.78, 5) is 44.2. The lowest BCUT2D eigenvalue weighted by Gasteiger charge is -2.22. The summed E-state index contributed by atoms with van der Waals surface area (Å²) < 4.78 is 0. The fourth-order valence-corrected chi connectivity index (χ4v) is 3.27. The minimum atomic E-state index is -0.335. The summed E-state index contributed by atoms with van der Waals surface area (Å²) in [6.07, 6.45) is 0.586. The summed E-state index contributed by atoms with van der Waals surface area (Å²) >= 11 is 0. The average molecular weight is 410 g/mol. The van der Waals surface area contributed by atoms with Gasteiger partial charge in [0, 0.05) is 35.5 Å². The van der Waals surface area contributed by atoms with E-state index in [-0.39, 0.29) is 23.4 Å². The van der Waals surface area contributed by atoms with Crippen LogP contribution in [0.4, 0.5) is 5.95 Å². The number of rotatable bonds is 5. The van der Waals surface area contributed by atoms with Crippen LogP contribution in [-0.4, -0.2) is 34.9 Å². The first-order chi connectivity index (χ1) is 14.3. The lowest BCUT2D eigenvalue weighted by atomic mass is 10.1. The van der Waals surface area contributed by atoms with Crippen LogP contribution in [0.15, 0.2) is 40.5 Å². The Hall–Kier alpha value is -3.46. The summed E-state index contributed by atoms with van der Waals surface area (Å²) in [6.45, 7) is 7.54. The quantitative estimate of drug-likeness (QED) is 0.591. The monoisotopic (exact) mass is 410 g/mol. The number of carbonyl (C=O) groups is 2. The van der Waals surface area contributed by atoms with Gasteiger partial charge >= 0.3 is 0 Å². The van der Waals surface area contributed by atoms with Crippen molar-refractivity contribution >= 4 is 17.8 Å². The number of benzene rings is 1. The number of carbonyl (C=O) groups excluding carboxylic acids is 2. The molecule has 158 valence electrons. The first-order valence-corrected chi connectivity index (χ1v) is 9.77. The molecule has 9 heteroatoms. The van der Waals surface area contributed by atoms with Gasteiger partial charge in [-0.25, -0.2) is 15.4 Å². The second-order valence-corrected chi connectivity index (χ2v) is 7.14. The van der Waals surface area contributed by atoms with Crippen molar-refractivity contribution in [2.45, 2.75) is 40.2 Å². The molecule has 0 aliphatic carbocycles. The summed E-state index contributed by atoms with van der Waals surface area (Å²) in [5, 5.41) is 7.03. The maximum Gasteiger partial charge on any atom is 0.256 e. The molecule has 0 bridgehead atoms. The topological polar surface area (TPSA) is 119 Å². The lowest BCUT2D eigenvalue weighted by molar-refractivity contribution is 0.0952. The van der Waals surface area contributed by atoms with Crippen LogP contribution < -0.4 is 26.6 Å². The van der Waals surface area contributed by atoms with Crippen LogP contribution in [0.2, 0.25) is 0 Å². The van der Waals surface area contributed by atoms with Gasteiger partial charge in [0.2, 0.25) is 5.95 Å². The Morgan fingerprint density at radius 1 is 1.13 bits per heavy atom. The van der Waals surface area contributed by atoms with Crippen molar-refractivity contribution in [3.63, 3.8) is 0 Å². The van der Waals surface area contributed by atoms with E-state index in [0.29, 0.717) is 40.6 Å². The Kier molecular flexibility index (Phi) is 6.02. The van der Waals surface area contributed by atoms with Crippen molar-refractivity contribution in [3.05, 3.63) is 68.4 Å². The minimum absolute atomic E-state index is 0.0626. The molecule has 0 radical (unpaired) electrons. The zero-order valence-electron chi connectivity index (χ0n) is 17.7. The molecule has 0 spiro atoms. The van der Waals surface area contributed by atoms with Crippen molar-refractivity contribution in [2.24, 2.45) is 0 Å². The Morgan fingerprint density at radius 2 is 1.73 bits per heavy atom. The van der Waals surface area contributed by atoms with Gasteiger partial charge in [-0.1, -0.05) is 6.92 Å². The Labute approximate surface area is 174 Å². The molecule has 1 unspecified atom stereocenters. The van der Waals surface area contributed by atoms with Crippen LogP contribution in [0, 0.1) is 6.92 Å². The first-order valence-electron chi connectivity index (χ1n) is 9.77. The van der Waals surface area contributed by atoms with Crippen molar-refractivity contribution in [1.82, 2.24) is 26.0 Å². The number of hydrazine groups is 1. The van der Waals surface area contributed by atoms with E-state index in [2.05, 4.69) is 26.0 Å². The van der Waals surface area contributed by atoms with Crippen molar-refractivity contribution < 1.29 is 9.59 Å². The number of hydrogen-bond donors (Lipinski definition) is 4. The lowest BCUT2D eigenvalue weighted by Crippen LogP contribution is -2.43. The molecule has 9 nitrogen and oxygen atoms in total. The first kappa shape index (κ1) is 21.3.